The molecule has 0 aliphatic carbocycles. The monoisotopic (exact) mass is 256 g/mol. The predicted molar refractivity (Wildman–Crippen MR) is 67.6 cm³/mol. The van der Waals surface area contributed by atoms with E-state index in [-0.39, 0.29) is 17.4 Å². The Labute approximate surface area is 106 Å². The topological polar surface area (TPSA) is 38.5 Å². The van der Waals surface area contributed by atoms with Crippen molar-refractivity contribution in [2.24, 2.45) is 0 Å². The Morgan fingerprint density at radius 3 is 2.67 bits per heavy atom. The summed E-state index contributed by atoms with van der Waals surface area (Å²) >= 11 is 0. The van der Waals surface area contributed by atoms with Gasteiger partial charge in [0.2, 0.25) is 0 Å². The minimum Gasteiger partial charge on any atom is -0.395 e. The van der Waals surface area contributed by atoms with Gasteiger partial charge in [-0.1, -0.05) is 0 Å². The van der Waals surface area contributed by atoms with Crippen molar-refractivity contribution in [1.29, 1.82) is 0 Å². The van der Waals surface area contributed by atoms with Crippen molar-refractivity contribution in [3.8, 4) is 0 Å². The predicted octanol–water partition coefficient (Wildman–Crippen LogP) is 2.55. The average Bonchev–Trinajstić information content (AvgIpc) is 2.20. The third kappa shape index (κ3) is 2.56. The first-order valence-corrected chi connectivity index (χ1v) is 5.96. The summed E-state index contributed by atoms with van der Waals surface area (Å²) in [7, 11) is 0. The summed E-state index contributed by atoms with van der Waals surface area (Å²) in [6, 6.07) is 2.07. The van der Waals surface area contributed by atoms with Gasteiger partial charge in [0.05, 0.1) is 23.1 Å². The number of hydrogen-bond acceptors (Lipinski definition) is 3. The van der Waals surface area contributed by atoms with Crippen LogP contribution in [0.2, 0.25) is 0 Å². The number of anilines is 2. The molecule has 0 amide bonds. The van der Waals surface area contributed by atoms with E-state index in [1.807, 2.05) is 25.7 Å². The highest BCUT2D eigenvalue weighted by molar-refractivity contribution is 5.68. The number of nitrogen functional groups attached to an aromatic ring is 1. The molecule has 1 unspecified atom stereocenters. The Bertz CT molecular complexity index is 463. The van der Waals surface area contributed by atoms with Gasteiger partial charge >= 0.3 is 0 Å². The second-order valence-electron chi connectivity index (χ2n) is 5.39. The maximum atomic E-state index is 13.5. The van der Waals surface area contributed by atoms with E-state index in [1.165, 1.54) is 6.07 Å². The molecule has 0 radical (unpaired) electrons. The van der Waals surface area contributed by atoms with E-state index < -0.39 is 11.6 Å². The molecule has 5 heteroatoms. The van der Waals surface area contributed by atoms with Gasteiger partial charge in [-0.2, -0.15) is 0 Å². The Kier molecular flexibility index (Phi) is 3.19. The van der Waals surface area contributed by atoms with Gasteiger partial charge in [-0.15, -0.1) is 0 Å². The normalized spacial score (nSPS) is 23.2. The fourth-order valence-corrected chi connectivity index (χ4v) is 2.47. The van der Waals surface area contributed by atoms with E-state index in [9.17, 15) is 8.78 Å². The second-order valence-corrected chi connectivity index (χ2v) is 5.39. The molecule has 2 N–H and O–H groups in total. The first-order valence-electron chi connectivity index (χ1n) is 5.96. The molecule has 0 bridgehead atoms. The zero-order valence-electron chi connectivity index (χ0n) is 10.8. The zero-order valence-corrected chi connectivity index (χ0v) is 10.8. The van der Waals surface area contributed by atoms with E-state index in [0.29, 0.717) is 18.8 Å². The molecular weight excluding hydrogens is 238 g/mol. The summed E-state index contributed by atoms with van der Waals surface area (Å²) in [6.07, 6.45) is -0.0144. The van der Waals surface area contributed by atoms with Gasteiger partial charge in [-0.05, 0) is 26.8 Å². The van der Waals surface area contributed by atoms with Crippen LogP contribution < -0.4 is 10.6 Å². The molecule has 1 aromatic carbocycles. The van der Waals surface area contributed by atoms with Crippen LogP contribution in [0.25, 0.3) is 0 Å². The highest BCUT2D eigenvalue weighted by atomic mass is 19.1. The molecule has 0 spiro atoms. The standard InChI is InChI=1S/C13H18F2N2O/c1-8-6-17(7-13(2,3)18-8)11-5-9(14)4-10(15)12(11)16/h4-5,8H,6-7,16H2,1-3H3. The van der Waals surface area contributed by atoms with Crippen molar-refractivity contribution < 1.29 is 13.5 Å². The van der Waals surface area contributed by atoms with Crippen LogP contribution in [0.15, 0.2) is 12.1 Å². The Balaban J connectivity index is 2.36. The van der Waals surface area contributed by atoms with Gasteiger partial charge in [0.15, 0.2) is 5.82 Å². The van der Waals surface area contributed by atoms with Crippen LogP contribution in [-0.2, 0) is 4.74 Å². The number of morpholine rings is 1. The molecule has 0 saturated carbocycles. The van der Waals surface area contributed by atoms with Gasteiger partial charge in [0, 0.05) is 19.2 Å². The summed E-state index contributed by atoms with van der Waals surface area (Å²) in [5.74, 6) is -1.34. The number of rotatable bonds is 1. The third-order valence-electron chi connectivity index (χ3n) is 2.98. The number of nitrogens with zero attached hydrogens (tertiary/aromatic N) is 1. The Morgan fingerprint density at radius 1 is 1.39 bits per heavy atom. The molecule has 1 saturated heterocycles. The lowest BCUT2D eigenvalue weighted by atomic mass is 10.0. The van der Waals surface area contributed by atoms with Gasteiger partial charge in [0.25, 0.3) is 0 Å². The molecule has 1 aliphatic heterocycles. The first kappa shape index (κ1) is 13.1. The Morgan fingerprint density at radius 2 is 2.06 bits per heavy atom. The number of nitrogens with two attached hydrogens (primary N) is 1. The molecule has 1 heterocycles. The molecule has 0 aromatic heterocycles. The van der Waals surface area contributed by atoms with Crippen molar-refractivity contribution in [2.45, 2.75) is 32.5 Å². The number of hydrogen-bond donors (Lipinski definition) is 1. The van der Waals surface area contributed by atoms with Gasteiger partial charge in [0.1, 0.15) is 5.82 Å². The van der Waals surface area contributed by atoms with Crippen LogP contribution in [0.5, 0.6) is 0 Å². The van der Waals surface area contributed by atoms with Crippen LogP contribution >= 0.6 is 0 Å². The van der Waals surface area contributed by atoms with Crippen LogP contribution in [0.4, 0.5) is 20.2 Å². The molecule has 1 atom stereocenters. The molecule has 1 fully saturated rings. The van der Waals surface area contributed by atoms with Crippen LogP contribution in [0.3, 0.4) is 0 Å². The van der Waals surface area contributed by atoms with Gasteiger partial charge in [-0.3, -0.25) is 0 Å². The average molecular weight is 256 g/mol. The summed E-state index contributed by atoms with van der Waals surface area (Å²) in [4.78, 5) is 1.87. The lowest BCUT2D eigenvalue weighted by Crippen LogP contribution is -2.52. The minimum absolute atomic E-state index is 0.0127. The van der Waals surface area contributed by atoms with Crippen molar-refractivity contribution in [2.75, 3.05) is 23.7 Å². The van der Waals surface area contributed by atoms with Crippen molar-refractivity contribution >= 4 is 11.4 Å². The maximum absolute atomic E-state index is 13.5. The quantitative estimate of drug-likeness (QED) is 0.785. The molecule has 1 aromatic rings. The first-order chi connectivity index (χ1) is 8.28. The smallest absolute Gasteiger partial charge is 0.151 e. The molecular formula is C13H18F2N2O. The molecule has 3 nitrogen and oxygen atoms in total. The van der Waals surface area contributed by atoms with Crippen LogP contribution in [0.1, 0.15) is 20.8 Å². The highest BCUT2D eigenvalue weighted by Gasteiger charge is 2.32. The van der Waals surface area contributed by atoms with Crippen molar-refractivity contribution in [3.05, 3.63) is 23.8 Å². The largest absolute Gasteiger partial charge is 0.395 e. The number of benzene rings is 1. The third-order valence-corrected chi connectivity index (χ3v) is 2.98. The summed E-state index contributed by atoms with van der Waals surface area (Å²) in [6.45, 7) is 6.93. The van der Waals surface area contributed by atoms with Gasteiger partial charge in [-0.25, -0.2) is 8.78 Å². The maximum Gasteiger partial charge on any atom is 0.151 e. The zero-order chi connectivity index (χ0) is 13.5. The molecule has 2 rings (SSSR count). The van der Waals surface area contributed by atoms with Crippen LogP contribution in [0, 0.1) is 11.6 Å². The molecule has 18 heavy (non-hydrogen) atoms. The summed E-state index contributed by atoms with van der Waals surface area (Å²) < 4.78 is 32.5. The lowest BCUT2D eigenvalue weighted by Gasteiger charge is -2.43. The van der Waals surface area contributed by atoms with E-state index in [0.717, 1.165) is 6.07 Å². The summed E-state index contributed by atoms with van der Waals surface area (Å²) in [5, 5.41) is 0. The van der Waals surface area contributed by atoms with E-state index in [4.69, 9.17) is 10.5 Å². The lowest BCUT2D eigenvalue weighted by molar-refractivity contribution is -0.0749. The number of halogens is 2. The van der Waals surface area contributed by atoms with E-state index in [2.05, 4.69) is 0 Å². The molecule has 1 aliphatic rings. The summed E-state index contributed by atoms with van der Waals surface area (Å²) in [5.41, 5.74) is 5.71. The SMILES string of the molecule is CC1CN(c2cc(F)cc(F)c2N)CC(C)(C)O1. The van der Waals surface area contributed by atoms with E-state index in [1.54, 1.807) is 0 Å². The van der Waals surface area contributed by atoms with Crippen molar-refractivity contribution in [1.82, 2.24) is 0 Å². The fourth-order valence-electron chi connectivity index (χ4n) is 2.47. The van der Waals surface area contributed by atoms with E-state index >= 15 is 0 Å². The van der Waals surface area contributed by atoms with Crippen LogP contribution in [-0.4, -0.2) is 24.8 Å². The second kappa shape index (κ2) is 4.39. The molecule has 100 valence electrons. The van der Waals surface area contributed by atoms with Gasteiger partial charge < -0.3 is 15.4 Å². The fraction of sp³-hybridized carbons (Fsp3) is 0.538. The van der Waals surface area contributed by atoms with Crippen molar-refractivity contribution in [3.63, 3.8) is 0 Å². The Hall–Kier alpha value is -1.36. The number of ether oxygens (including phenoxy) is 1. The highest BCUT2D eigenvalue weighted by Crippen LogP contribution is 2.32. The minimum atomic E-state index is -0.720.